The van der Waals surface area contributed by atoms with Crippen LogP contribution < -0.4 is 5.32 Å². The zero-order valence-electron chi connectivity index (χ0n) is 9.49. The Labute approximate surface area is 94.9 Å². The lowest BCUT2D eigenvalue weighted by molar-refractivity contribution is 0.194. The smallest absolute Gasteiger partial charge is 0.222 e. The first-order chi connectivity index (χ1) is 7.75. The van der Waals surface area contributed by atoms with Gasteiger partial charge in [0, 0.05) is 12.6 Å². The van der Waals surface area contributed by atoms with Gasteiger partial charge in [0.25, 0.3) is 0 Å². The Morgan fingerprint density at radius 1 is 1.44 bits per heavy atom. The van der Waals surface area contributed by atoms with Crippen LogP contribution in [0.3, 0.4) is 0 Å². The van der Waals surface area contributed by atoms with Crippen molar-refractivity contribution in [3.8, 4) is 0 Å². The Bertz CT molecular complexity index is 327. The maximum atomic E-state index is 12.6. The fraction of sp³-hybridized carbons (Fsp3) is 0.636. The molecule has 0 spiro atoms. The van der Waals surface area contributed by atoms with Crippen LogP contribution in [0.4, 0.5) is 10.3 Å². The van der Waals surface area contributed by atoms with Gasteiger partial charge in [-0.15, -0.1) is 0 Å². The number of likely N-dealkylation sites (tertiary alicyclic amines) is 1. The Morgan fingerprint density at radius 3 is 2.88 bits per heavy atom. The van der Waals surface area contributed by atoms with E-state index in [4.69, 9.17) is 0 Å². The van der Waals surface area contributed by atoms with Crippen molar-refractivity contribution in [2.24, 2.45) is 0 Å². The molecule has 88 valence electrons. The lowest BCUT2D eigenvalue weighted by atomic mass is 10.0. The summed E-state index contributed by atoms with van der Waals surface area (Å²) in [5.74, 6) is 0.0979. The highest BCUT2D eigenvalue weighted by atomic mass is 19.1. The Balaban J connectivity index is 1.84. The Kier molecular flexibility index (Phi) is 3.66. The maximum Gasteiger partial charge on any atom is 0.222 e. The molecule has 4 nitrogen and oxygen atoms in total. The van der Waals surface area contributed by atoms with Crippen molar-refractivity contribution in [1.29, 1.82) is 0 Å². The molecule has 0 radical (unpaired) electrons. The van der Waals surface area contributed by atoms with Crippen LogP contribution >= 0.6 is 0 Å². The number of piperidine rings is 1. The van der Waals surface area contributed by atoms with Crippen LogP contribution in [-0.4, -0.2) is 41.0 Å². The number of hydrogen-bond donors (Lipinski definition) is 1. The molecular formula is C11H17FN4. The Hall–Kier alpha value is -1.23. The minimum Gasteiger partial charge on any atom is -0.353 e. The molecule has 5 heteroatoms. The van der Waals surface area contributed by atoms with Gasteiger partial charge in [-0.25, -0.2) is 14.4 Å². The molecule has 1 saturated heterocycles. The van der Waals surface area contributed by atoms with Gasteiger partial charge in [0.2, 0.25) is 5.95 Å². The van der Waals surface area contributed by atoms with Crippen LogP contribution in [0.1, 0.15) is 19.3 Å². The van der Waals surface area contributed by atoms with Gasteiger partial charge < -0.3 is 10.2 Å². The van der Waals surface area contributed by atoms with Gasteiger partial charge in [0.1, 0.15) is 0 Å². The van der Waals surface area contributed by atoms with E-state index in [0.717, 1.165) is 13.1 Å². The molecule has 1 aliphatic heterocycles. The zero-order valence-corrected chi connectivity index (χ0v) is 9.49. The van der Waals surface area contributed by atoms with Gasteiger partial charge in [-0.3, -0.25) is 0 Å². The number of nitrogens with one attached hydrogen (secondary N) is 1. The quantitative estimate of drug-likeness (QED) is 0.845. The standard InChI is InChI=1S/C11H17FN4/c1-16-5-3-2-4-10(16)8-15-11-13-6-9(12)7-14-11/h6-7,10H,2-5,8H2,1H3,(H,13,14,15). The molecule has 1 aromatic heterocycles. The fourth-order valence-electron chi connectivity index (χ4n) is 2.01. The predicted molar refractivity (Wildman–Crippen MR) is 60.7 cm³/mol. The van der Waals surface area contributed by atoms with Gasteiger partial charge in [-0.05, 0) is 26.4 Å². The van der Waals surface area contributed by atoms with E-state index in [2.05, 4.69) is 27.2 Å². The van der Waals surface area contributed by atoms with E-state index in [9.17, 15) is 4.39 Å². The van der Waals surface area contributed by atoms with Gasteiger partial charge >= 0.3 is 0 Å². The van der Waals surface area contributed by atoms with E-state index in [-0.39, 0.29) is 0 Å². The normalized spacial score (nSPS) is 22.0. The molecule has 1 fully saturated rings. The van der Waals surface area contributed by atoms with Crippen molar-refractivity contribution in [1.82, 2.24) is 14.9 Å². The van der Waals surface area contributed by atoms with E-state index >= 15 is 0 Å². The molecule has 2 heterocycles. The second-order valence-corrected chi connectivity index (χ2v) is 4.24. The number of likely N-dealkylation sites (N-methyl/N-ethyl adjacent to an activating group) is 1. The zero-order chi connectivity index (χ0) is 11.4. The summed E-state index contributed by atoms with van der Waals surface area (Å²) in [6, 6.07) is 0.530. The highest BCUT2D eigenvalue weighted by Gasteiger charge is 2.18. The van der Waals surface area contributed by atoms with Crippen molar-refractivity contribution >= 4 is 5.95 Å². The second kappa shape index (κ2) is 5.21. The molecule has 1 aromatic rings. The molecular weight excluding hydrogens is 207 g/mol. The summed E-state index contributed by atoms with van der Waals surface area (Å²) in [5, 5.41) is 3.14. The predicted octanol–water partition coefficient (Wildman–Crippen LogP) is 1.51. The van der Waals surface area contributed by atoms with Crippen LogP contribution in [-0.2, 0) is 0 Å². The number of aromatic nitrogens is 2. The van der Waals surface area contributed by atoms with Crippen LogP contribution in [0, 0.1) is 5.82 Å². The number of halogens is 1. The SMILES string of the molecule is CN1CCCCC1CNc1ncc(F)cn1. The molecule has 0 aromatic carbocycles. The monoisotopic (exact) mass is 224 g/mol. The first kappa shape index (κ1) is 11.3. The summed E-state index contributed by atoms with van der Waals surface area (Å²) in [6.45, 7) is 1.97. The van der Waals surface area contributed by atoms with Gasteiger partial charge in [-0.2, -0.15) is 0 Å². The molecule has 1 atom stereocenters. The van der Waals surface area contributed by atoms with Crippen LogP contribution in [0.2, 0.25) is 0 Å². The molecule has 1 unspecified atom stereocenters. The summed E-state index contributed by atoms with van der Waals surface area (Å²) in [7, 11) is 2.14. The molecule has 0 saturated carbocycles. The van der Waals surface area contributed by atoms with Gasteiger partial charge in [0.15, 0.2) is 5.82 Å². The van der Waals surface area contributed by atoms with Crippen molar-refractivity contribution in [2.45, 2.75) is 25.3 Å². The minimum atomic E-state index is -0.402. The van der Waals surface area contributed by atoms with E-state index < -0.39 is 5.82 Å². The summed E-state index contributed by atoms with van der Waals surface area (Å²) in [6.07, 6.45) is 6.12. The lowest BCUT2D eigenvalue weighted by Gasteiger charge is -2.32. The first-order valence-corrected chi connectivity index (χ1v) is 5.67. The highest BCUT2D eigenvalue weighted by Crippen LogP contribution is 2.14. The van der Waals surface area contributed by atoms with Crippen molar-refractivity contribution in [3.05, 3.63) is 18.2 Å². The minimum absolute atomic E-state index is 0.402. The number of rotatable bonds is 3. The number of nitrogens with zero attached hydrogens (tertiary/aromatic N) is 3. The second-order valence-electron chi connectivity index (χ2n) is 4.24. The largest absolute Gasteiger partial charge is 0.353 e. The van der Waals surface area contributed by atoms with E-state index in [1.807, 2.05) is 0 Å². The lowest BCUT2D eigenvalue weighted by Crippen LogP contribution is -2.40. The first-order valence-electron chi connectivity index (χ1n) is 5.67. The summed E-state index contributed by atoms with van der Waals surface area (Å²) in [4.78, 5) is 10.1. The topological polar surface area (TPSA) is 41.0 Å². The van der Waals surface area contributed by atoms with Gasteiger partial charge in [0.05, 0.1) is 12.4 Å². The summed E-state index contributed by atoms with van der Waals surface area (Å²) in [5.41, 5.74) is 0. The molecule has 1 N–H and O–H groups in total. The molecule has 2 rings (SSSR count). The molecule has 16 heavy (non-hydrogen) atoms. The Morgan fingerprint density at radius 2 is 2.19 bits per heavy atom. The summed E-state index contributed by atoms with van der Waals surface area (Å²) >= 11 is 0. The molecule has 0 amide bonds. The fourth-order valence-corrected chi connectivity index (χ4v) is 2.01. The number of anilines is 1. The summed E-state index contributed by atoms with van der Waals surface area (Å²) < 4.78 is 12.6. The van der Waals surface area contributed by atoms with Crippen LogP contribution in [0.5, 0.6) is 0 Å². The van der Waals surface area contributed by atoms with E-state index in [1.165, 1.54) is 31.7 Å². The maximum absolute atomic E-state index is 12.6. The third-order valence-electron chi connectivity index (χ3n) is 3.04. The highest BCUT2D eigenvalue weighted by molar-refractivity contribution is 5.22. The van der Waals surface area contributed by atoms with Crippen molar-refractivity contribution < 1.29 is 4.39 Å². The van der Waals surface area contributed by atoms with Crippen molar-refractivity contribution in [2.75, 3.05) is 25.5 Å². The third kappa shape index (κ3) is 2.88. The molecule has 0 bridgehead atoms. The van der Waals surface area contributed by atoms with Crippen LogP contribution in [0.15, 0.2) is 12.4 Å². The average molecular weight is 224 g/mol. The van der Waals surface area contributed by atoms with E-state index in [0.29, 0.717) is 12.0 Å². The average Bonchev–Trinajstić information content (AvgIpc) is 2.30. The van der Waals surface area contributed by atoms with Crippen molar-refractivity contribution in [3.63, 3.8) is 0 Å². The number of hydrogen-bond acceptors (Lipinski definition) is 4. The molecule has 0 aliphatic carbocycles. The molecule has 1 aliphatic rings. The third-order valence-corrected chi connectivity index (χ3v) is 3.04. The van der Waals surface area contributed by atoms with Gasteiger partial charge in [-0.1, -0.05) is 6.42 Å². The van der Waals surface area contributed by atoms with Crippen LogP contribution in [0.25, 0.3) is 0 Å². The van der Waals surface area contributed by atoms with E-state index in [1.54, 1.807) is 0 Å².